The van der Waals surface area contributed by atoms with Gasteiger partial charge in [-0.3, -0.25) is 4.79 Å². The molecular formula is C14H19N3O5. The molecule has 8 heteroatoms. The third-order valence-corrected chi connectivity index (χ3v) is 2.43. The molecule has 0 spiro atoms. The van der Waals surface area contributed by atoms with E-state index in [9.17, 15) is 14.4 Å². The van der Waals surface area contributed by atoms with Crippen LogP contribution in [0.4, 0.5) is 15.3 Å². The van der Waals surface area contributed by atoms with Crippen LogP contribution in [0.25, 0.3) is 0 Å². The quantitative estimate of drug-likeness (QED) is 0.690. The summed E-state index contributed by atoms with van der Waals surface area (Å²) in [6, 6.07) is 6.37. The highest BCUT2D eigenvalue weighted by atomic mass is 16.5. The molecule has 1 aromatic rings. The van der Waals surface area contributed by atoms with E-state index in [0.717, 1.165) is 0 Å². The molecule has 0 bridgehead atoms. The van der Waals surface area contributed by atoms with E-state index in [1.807, 2.05) is 5.32 Å². The van der Waals surface area contributed by atoms with Crippen molar-refractivity contribution in [2.45, 2.75) is 13.3 Å². The Morgan fingerprint density at radius 1 is 1.23 bits per heavy atom. The molecule has 4 amide bonds. The van der Waals surface area contributed by atoms with Gasteiger partial charge in [-0.25, -0.2) is 14.9 Å². The number of ether oxygens (including phenoxy) is 2. The van der Waals surface area contributed by atoms with E-state index in [1.165, 1.54) is 14.0 Å². The molecule has 8 nitrogen and oxygen atoms in total. The third-order valence-electron chi connectivity index (χ3n) is 2.43. The number of hydrogen-bond acceptors (Lipinski definition) is 5. The van der Waals surface area contributed by atoms with E-state index in [4.69, 9.17) is 4.74 Å². The number of imide groups is 1. The molecule has 0 aliphatic heterocycles. The number of anilines is 1. The molecule has 1 aromatic carbocycles. The van der Waals surface area contributed by atoms with Crippen LogP contribution in [0.5, 0.6) is 5.75 Å². The summed E-state index contributed by atoms with van der Waals surface area (Å²) in [5.74, 6) is 0.461. The van der Waals surface area contributed by atoms with E-state index >= 15 is 0 Å². The van der Waals surface area contributed by atoms with Crippen LogP contribution in [0.2, 0.25) is 0 Å². The van der Waals surface area contributed by atoms with E-state index in [1.54, 1.807) is 24.3 Å². The Kier molecular flexibility index (Phi) is 7.24. The van der Waals surface area contributed by atoms with Crippen molar-refractivity contribution in [2.75, 3.05) is 25.6 Å². The third kappa shape index (κ3) is 7.13. The Hall–Kier alpha value is -2.77. The Bertz CT molecular complexity index is 533. The van der Waals surface area contributed by atoms with E-state index < -0.39 is 12.1 Å². The number of benzene rings is 1. The number of carbonyl (C=O) groups is 3. The maximum atomic E-state index is 11.2. The van der Waals surface area contributed by atoms with Crippen molar-refractivity contribution in [1.82, 2.24) is 10.6 Å². The van der Waals surface area contributed by atoms with Crippen molar-refractivity contribution in [3.63, 3.8) is 0 Å². The van der Waals surface area contributed by atoms with Gasteiger partial charge in [0.1, 0.15) is 5.75 Å². The van der Waals surface area contributed by atoms with Crippen LogP contribution in [-0.4, -0.2) is 38.3 Å². The number of amides is 4. The fourth-order valence-electron chi connectivity index (χ4n) is 1.52. The topological polar surface area (TPSA) is 106 Å². The molecule has 0 heterocycles. The SMILES string of the molecule is COC(=O)NC(=O)NCCCOc1cccc(NC(C)=O)c1. The molecule has 0 aromatic heterocycles. The van der Waals surface area contributed by atoms with Gasteiger partial charge in [-0.1, -0.05) is 6.07 Å². The Balaban J connectivity index is 2.23. The van der Waals surface area contributed by atoms with Gasteiger partial charge in [0.25, 0.3) is 0 Å². The van der Waals surface area contributed by atoms with E-state index in [-0.39, 0.29) is 5.91 Å². The van der Waals surface area contributed by atoms with Gasteiger partial charge in [0.05, 0.1) is 13.7 Å². The number of urea groups is 1. The van der Waals surface area contributed by atoms with Crippen LogP contribution in [-0.2, 0) is 9.53 Å². The molecule has 0 saturated heterocycles. The monoisotopic (exact) mass is 309 g/mol. The number of hydrogen-bond donors (Lipinski definition) is 3. The van der Waals surface area contributed by atoms with E-state index in [2.05, 4.69) is 15.4 Å². The van der Waals surface area contributed by atoms with Crippen molar-refractivity contribution in [3.8, 4) is 5.75 Å². The maximum Gasteiger partial charge on any atom is 0.415 e. The standard InChI is InChI=1S/C14H19N3O5/c1-10(18)16-11-5-3-6-12(9-11)22-8-4-7-15-13(19)17-14(20)21-2/h3,5-6,9H,4,7-8H2,1-2H3,(H,16,18)(H2,15,17,19,20). The van der Waals surface area contributed by atoms with Crippen molar-refractivity contribution >= 4 is 23.7 Å². The number of alkyl carbamates (subject to hydrolysis) is 1. The highest BCUT2D eigenvalue weighted by molar-refractivity contribution is 5.90. The van der Waals surface area contributed by atoms with Gasteiger partial charge in [-0.05, 0) is 18.6 Å². The first-order chi connectivity index (χ1) is 10.5. The zero-order chi connectivity index (χ0) is 16.4. The maximum absolute atomic E-state index is 11.2. The fraction of sp³-hybridized carbons (Fsp3) is 0.357. The Labute approximate surface area is 128 Å². The second-order valence-electron chi connectivity index (χ2n) is 4.28. The molecule has 0 fully saturated rings. The van der Waals surface area contributed by atoms with Crippen LogP contribution in [0.3, 0.4) is 0 Å². The van der Waals surface area contributed by atoms with Gasteiger partial charge < -0.3 is 20.1 Å². The zero-order valence-electron chi connectivity index (χ0n) is 12.5. The average Bonchev–Trinajstić information content (AvgIpc) is 2.46. The minimum absolute atomic E-state index is 0.155. The Morgan fingerprint density at radius 3 is 2.68 bits per heavy atom. The number of methoxy groups -OCH3 is 1. The second kappa shape index (κ2) is 9.22. The second-order valence-corrected chi connectivity index (χ2v) is 4.28. The summed E-state index contributed by atoms with van der Waals surface area (Å²) < 4.78 is 9.78. The lowest BCUT2D eigenvalue weighted by Gasteiger charge is -2.09. The predicted octanol–water partition coefficient (Wildman–Crippen LogP) is 1.48. The lowest BCUT2D eigenvalue weighted by atomic mass is 10.3. The largest absolute Gasteiger partial charge is 0.493 e. The van der Waals surface area contributed by atoms with E-state index in [0.29, 0.717) is 31.0 Å². The summed E-state index contributed by atoms with van der Waals surface area (Å²) in [5.41, 5.74) is 0.653. The smallest absolute Gasteiger partial charge is 0.415 e. The van der Waals surface area contributed by atoms with Crippen LogP contribution in [0, 0.1) is 0 Å². The first kappa shape index (κ1) is 17.3. The molecule has 0 saturated carbocycles. The highest BCUT2D eigenvalue weighted by Crippen LogP contribution is 2.17. The number of carbonyl (C=O) groups excluding carboxylic acids is 3. The molecule has 0 aliphatic rings. The first-order valence-corrected chi connectivity index (χ1v) is 6.64. The molecule has 0 unspecified atom stereocenters. The summed E-state index contributed by atoms with van der Waals surface area (Å²) in [5, 5.41) is 7.11. The first-order valence-electron chi connectivity index (χ1n) is 6.64. The van der Waals surface area contributed by atoms with Crippen LogP contribution >= 0.6 is 0 Å². The van der Waals surface area contributed by atoms with Crippen molar-refractivity contribution < 1.29 is 23.9 Å². The minimum atomic E-state index is -0.816. The number of rotatable bonds is 6. The van der Waals surface area contributed by atoms with Gasteiger partial charge in [0.15, 0.2) is 0 Å². The summed E-state index contributed by atoms with van der Waals surface area (Å²) in [6.07, 6.45) is -0.262. The molecular weight excluding hydrogens is 290 g/mol. The molecule has 22 heavy (non-hydrogen) atoms. The predicted molar refractivity (Wildman–Crippen MR) is 79.8 cm³/mol. The molecule has 1 rings (SSSR count). The van der Waals surface area contributed by atoms with Crippen LogP contribution in [0.15, 0.2) is 24.3 Å². The number of nitrogens with one attached hydrogen (secondary N) is 3. The Morgan fingerprint density at radius 2 is 2.00 bits per heavy atom. The zero-order valence-corrected chi connectivity index (χ0v) is 12.5. The summed E-state index contributed by atoms with van der Waals surface area (Å²) >= 11 is 0. The molecule has 0 radical (unpaired) electrons. The highest BCUT2D eigenvalue weighted by Gasteiger charge is 2.05. The minimum Gasteiger partial charge on any atom is -0.493 e. The molecule has 120 valence electrons. The summed E-state index contributed by atoms with van der Waals surface area (Å²) in [7, 11) is 1.17. The van der Waals surface area contributed by atoms with Crippen molar-refractivity contribution in [3.05, 3.63) is 24.3 Å². The molecule has 0 atom stereocenters. The van der Waals surface area contributed by atoms with Gasteiger partial charge in [-0.15, -0.1) is 0 Å². The van der Waals surface area contributed by atoms with Crippen molar-refractivity contribution in [2.24, 2.45) is 0 Å². The van der Waals surface area contributed by atoms with Gasteiger partial charge >= 0.3 is 12.1 Å². The summed E-state index contributed by atoms with van der Waals surface area (Å²) in [4.78, 5) is 32.9. The normalized spacial score (nSPS) is 9.55. The summed E-state index contributed by atoms with van der Waals surface area (Å²) in [6.45, 7) is 2.15. The van der Waals surface area contributed by atoms with Gasteiger partial charge in [0.2, 0.25) is 5.91 Å². The van der Waals surface area contributed by atoms with Crippen LogP contribution in [0.1, 0.15) is 13.3 Å². The van der Waals surface area contributed by atoms with Gasteiger partial charge in [0, 0.05) is 25.2 Å². The van der Waals surface area contributed by atoms with Gasteiger partial charge in [-0.2, -0.15) is 0 Å². The lowest BCUT2D eigenvalue weighted by molar-refractivity contribution is -0.114. The molecule has 0 aliphatic carbocycles. The lowest BCUT2D eigenvalue weighted by Crippen LogP contribution is -2.40. The van der Waals surface area contributed by atoms with Crippen LogP contribution < -0.4 is 20.7 Å². The average molecular weight is 309 g/mol. The fourth-order valence-corrected chi connectivity index (χ4v) is 1.52. The van der Waals surface area contributed by atoms with Crippen molar-refractivity contribution in [1.29, 1.82) is 0 Å². The molecule has 3 N–H and O–H groups in total.